The highest BCUT2D eigenvalue weighted by molar-refractivity contribution is 5.86. The molecule has 3 heteroatoms. The van der Waals surface area contributed by atoms with Gasteiger partial charge in [0.05, 0.1) is 11.0 Å². The Labute approximate surface area is 123 Å². The van der Waals surface area contributed by atoms with Gasteiger partial charge in [-0.3, -0.25) is 4.57 Å². The van der Waals surface area contributed by atoms with E-state index >= 15 is 0 Å². The molecular formula is C18H17N3. The summed E-state index contributed by atoms with van der Waals surface area (Å²) in [6.45, 7) is 4.29. The van der Waals surface area contributed by atoms with E-state index in [9.17, 15) is 0 Å². The van der Waals surface area contributed by atoms with Crippen LogP contribution < -0.4 is 0 Å². The van der Waals surface area contributed by atoms with Crippen molar-refractivity contribution in [2.45, 2.75) is 20.3 Å². The molecule has 0 amide bonds. The normalized spacial score (nSPS) is 11.5. The minimum absolute atomic E-state index is 1.04. The number of nitrogens with one attached hydrogen (secondary N) is 1. The van der Waals surface area contributed by atoms with Gasteiger partial charge >= 0.3 is 0 Å². The van der Waals surface area contributed by atoms with Crippen molar-refractivity contribution in [3.05, 3.63) is 60.0 Å². The average Bonchev–Trinajstić information content (AvgIpc) is 3.10. The van der Waals surface area contributed by atoms with Crippen molar-refractivity contribution in [2.24, 2.45) is 0 Å². The highest BCUT2D eigenvalue weighted by atomic mass is 15.0. The molecule has 0 fully saturated rings. The molecule has 0 aliphatic carbocycles. The second kappa shape index (κ2) is 4.48. The third-order valence-corrected chi connectivity index (χ3v) is 4.17. The van der Waals surface area contributed by atoms with Crippen molar-refractivity contribution in [3.63, 3.8) is 0 Å². The Morgan fingerprint density at radius 2 is 2.05 bits per heavy atom. The zero-order valence-corrected chi connectivity index (χ0v) is 12.2. The predicted molar refractivity (Wildman–Crippen MR) is 87.0 cm³/mol. The smallest absolute Gasteiger partial charge is 0.100 e. The molecule has 3 nitrogen and oxygen atoms in total. The van der Waals surface area contributed by atoms with Gasteiger partial charge in [-0.05, 0) is 54.8 Å². The number of rotatable bonds is 2. The molecule has 0 saturated heterocycles. The number of aryl methyl sites for hydroxylation is 2. The van der Waals surface area contributed by atoms with Crippen LogP contribution in [0.15, 0.2) is 48.9 Å². The van der Waals surface area contributed by atoms with Crippen molar-refractivity contribution in [1.29, 1.82) is 0 Å². The van der Waals surface area contributed by atoms with E-state index in [1.807, 2.05) is 12.5 Å². The van der Waals surface area contributed by atoms with Gasteiger partial charge in [0.25, 0.3) is 0 Å². The molecule has 0 spiro atoms. The molecule has 104 valence electrons. The van der Waals surface area contributed by atoms with Crippen LogP contribution in [0.3, 0.4) is 0 Å². The van der Waals surface area contributed by atoms with Crippen molar-refractivity contribution in [2.75, 3.05) is 0 Å². The first-order valence-corrected chi connectivity index (χ1v) is 7.30. The van der Waals surface area contributed by atoms with Gasteiger partial charge in [-0.2, -0.15) is 0 Å². The minimum Gasteiger partial charge on any atom is -0.361 e. The van der Waals surface area contributed by atoms with Crippen molar-refractivity contribution < 1.29 is 0 Å². The third-order valence-electron chi connectivity index (χ3n) is 4.17. The fourth-order valence-corrected chi connectivity index (χ4v) is 2.88. The second-order valence-electron chi connectivity index (χ2n) is 5.49. The van der Waals surface area contributed by atoms with Crippen molar-refractivity contribution in [1.82, 2.24) is 14.5 Å². The maximum atomic E-state index is 4.55. The first kappa shape index (κ1) is 12.2. The lowest BCUT2D eigenvalue weighted by atomic mass is 10.1. The van der Waals surface area contributed by atoms with E-state index in [2.05, 4.69) is 64.8 Å². The zero-order valence-electron chi connectivity index (χ0n) is 12.2. The summed E-state index contributed by atoms with van der Waals surface area (Å²) in [6, 6.07) is 13.0. The molecule has 2 heterocycles. The Hall–Kier alpha value is -2.55. The highest BCUT2D eigenvalue weighted by Gasteiger charge is 2.07. The van der Waals surface area contributed by atoms with Crippen LogP contribution in [0.1, 0.15) is 18.1 Å². The van der Waals surface area contributed by atoms with E-state index in [0.717, 1.165) is 23.1 Å². The second-order valence-corrected chi connectivity index (χ2v) is 5.49. The van der Waals surface area contributed by atoms with Gasteiger partial charge in [-0.25, -0.2) is 4.98 Å². The molecule has 0 aliphatic rings. The van der Waals surface area contributed by atoms with Gasteiger partial charge in [0.2, 0.25) is 0 Å². The minimum atomic E-state index is 1.04. The van der Waals surface area contributed by atoms with Crippen molar-refractivity contribution >= 4 is 21.9 Å². The number of hydrogen-bond donors (Lipinski definition) is 1. The number of hydrogen-bond acceptors (Lipinski definition) is 1. The Balaban J connectivity index is 1.93. The number of imidazole rings is 1. The van der Waals surface area contributed by atoms with Gasteiger partial charge < -0.3 is 4.98 Å². The van der Waals surface area contributed by atoms with E-state index in [0.29, 0.717) is 0 Å². The first-order valence-electron chi connectivity index (χ1n) is 7.30. The van der Waals surface area contributed by atoms with Crippen LogP contribution in [0.2, 0.25) is 0 Å². The lowest BCUT2D eigenvalue weighted by Gasteiger charge is -2.05. The van der Waals surface area contributed by atoms with Crippen LogP contribution >= 0.6 is 0 Å². The largest absolute Gasteiger partial charge is 0.361 e. The van der Waals surface area contributed by atoms with Crippen LogP contribution in [0.4, 0.5) is 0 Å². The number of aromatic nitrogens is 3. The number of nitrogens with zero attached hydrogens (tertiary/aromatic N) is 2. The molecule has 2 aromatic heterocycles. The molecule has 0 radical (unpaired) electrons. The van der Waals surface area contributed by atoms with Crippen molar-refractivity contribution in [3.8, 4) is 5.69 Å². The number of benzene rings is 2. The van der Waals surface area contributed by atoms with Gasteiger partial charge in [0, 0.05) is 22.8 Å². The molecule has 0 atom stereocenters. The molecule has 0 saturated carbocycles. The summed E-state index contributed by atoms with van der Waals surface area (Å²) in [5.74, 6) is 0. The lowest BCUT2D eigenvalue weighted by Crippen LogP contribution is -1.92. The van der Waals surface area contributed by atoms with Crippen LogP contribution in [-0.4, -0.2) is 14.5 Å². The monoisotopic (exact) mass is 275 g/mol. The Morgan fingerprint density at radius 1 is 1.14 bits per heavy atom. The molecule has 1 N–H and O–H groups in total. The molecule has 21 heavy (non-hydrogen) atoms. The summed E-state index contributed by atoms with van der Waals surface area (Å²) in [7, 11) is 0. The summed E-state index contributed by atoms with van der Waals surface area (Å²) in [5.41, 5.74) is 7.13. The summed E-state index contributed by atoms with van der Waals surface area (Å²) in [4.78, 5) is 7.84. The summed E-state index contributed by atoms with van der Waals surface area (Å²) < 4.78 is 2.15. The van der Waals surface area contributed by atoms with E-state index in [1.54, 1.807) is 0 Å². The molecule has 0 bridgehead atoms. The zero-order chi connectivity index (χ0) is 14.4. The van der Waals surface area contributed by atoms with Crippen LogP contribution in [-0.2, 0) is 6.42 Å². The average molecular weight is 275 g/mol. The summed E-state index contributed by atoms with van der Waals surface area (Å²) >= 11 is 0. The number of aromatic amines is 1. The van der Waals surface area contributed by atoms with Gasteiger partial charge in [-0.15, -0.1) is 0 Å². The first-order chi connectivity index (χ1) is 10.3. The standard InChI is InChI=1S/C18H17N3/c1-3-13-4-7-18-17(8-13)20-11-21(18)14-5-6-16-15(9-14)12(2)10-19-16/h4-11,19H,3H2,1-2H3. The van der Waals surface area contributed by atoms with E-state index in [4.69, 9.17) is 0 Å². The molecule has 2 aromatic carbocycles. The van der Waals surface area contributed by atoms with Crippen LogP contribution in [0.25, 0.3) is 27.6 Å². The molecular weight excluding hydrogens is 258 g/mol. The fourth-order valence-electron chi connectivity index (χ4n) is 2.88. The Morgan fingerprint density at radius 3 is 2.90 bits per heavy atom. The summed E-state index contributed by atoms with van der Waals surface area (Å²) in [6.07, 6.45) is 5.00. The molecule has 0 unspecified atom stereocenters. The highest BCUT2D eigenvalue weighted by Crippen LogP contribution is 2.24. The van der Waals surface area contributed by atoms with Crippen LogP contribution in [0, 0.1) is 6.92 Å². The molecule has 4 rings (SSSR count). The van der Waals surface area contributed by atoms with Crippen LogP contribution in [0.5, 0.6) is 0 Å². The Kier molecular flexibility index (Phi) is 2.61. The van der Waals surface area contributed by atoms with Gasteiger partial charge in [-0.1, -0.05) is 13.0 Å². The topological polar surface area (TPSA) is 33.6 Å². The molecule has 0 aliphatic heterocycles. The fraction of sp³-hybridized carbons (Fsp3) is 0.167. The lowest BCUT2D eigenvalue weighted by molar-refractivity contribution is 1.09. The molecule has 4 aromatic rings. The maximum absolute atomic E-state index is 4.55. The van der Waals surface area contributed by atoms with E-state index < -0.39 is 0 Å². The number of fused-ring (bicyclic) bond motifs is 2. The quantitative estimate of drug-likeness (QED) is 0.578. The predicted octanol–water partition coefficient (Wildman–Crippen LogP) is 4.38. The summed E-state index contributed by atoms with van der Waals surface area (Å²) in [5, 5.41) is 1.26. The maximum Gasteiger partial charge on any atom is 0.100 e. The van der Waals surface area contributed by atoms with E-state index in [1.165, 1.54) is 22.0 Å². The Bertz CT molecular complexity index is 944. The van der Waals surface area contributed by atoms with Gasteiger partial charge in [0.1, 0.15) is 6.33 Å². The third kappa shape index (κ3) is 1.85. The van der Waals surface area contributed by atoms with E-state index in [-0.39, 0.29) is 0 Å². The van der Waals surface area contributed by atoms with Gasteiger partial charge in [0.15, 0.2) is 0 Å². The SMILES string of the molecule is CCc1ccc2c(c1)ncn2-c1ccc2[nH]cc(C)c2c1. The number of H-pyrrole nitrogens is 1.